The van der Waals surface area contributed by atoms with Gasteiger partial charge < -0.3 is 9.84 Å². The Labute approximate surface area is 96.1 Å². The lowest BCUT2D eigenvalue weighted by atomic mass is 10.1. The standard InChI is InChI=1S/C13H18O3/c1-2-16-12-9-5-3-7-11(12)8-4-6-10-13(14)15/h3,5,7,9H,2,4,6,8,10H2,1H3,(H,14,15). The van der Waals surface area contributed by atoms with Crippen molar-refractivity contribution in [2.75, 3.05) is 6.61 Å². The van der Waals surface area contributed by atoms with E-state index in [0.29, 0.717) is 6.61 Å². The van der Waals surface area contributed by atoms with Crippen LogP contribution >= 0.6 is 0 Å². The third-order valence-corrected chi connectivity index (χ3v) is 2.36. The van der Waals surface area contributed by atoms with Crippen LogP contribution < -0.4 is 4.74 Å². The first-order valence-electron chi connectivity index (χ1n) is 5.66. The number of para-hydroxylation sites is 1. The number of aryl methyl sites for hydroxylation is 1. The Kier molecular flexibility index (Phi) is 5.40. The van der Waals surface area contributed by atoms with Gasteiger partial charge >= 0.3 is 5.97 Å². The third kappa shape index (κ3) is 4.34. The van der Waals surface area contributed by atoms with Gasteiger partial charge in [0.1, 0.15) is 5.75 Å². The van der Waals surface area contributed by atoms with Gasteiger partial charge in [-0.3, -0.25) is 4.79 Å². The van der Waals surface area contributed by atoms with E-state index in [-0.39, 0.29) is 6.42 Å². The van der Waals surface area contributed by atoms with Crippen molar-refractivity contribution in [3.63, 3.8) is 0 Å². The summed E-state index contributed by atoms with van der Waals surface area (Å²) in [6.07, 6.45) is 2.73. The summed E-state index contributed by atoms with van der Waals surface area (Å²) in [6.45, 7) is 2.62. The van der Waals surface area contributed by atoms with Gasteiger partial charge in [0.25, 0.3) is 0 Å². The summed E-state index contributed by atoms with van der Waals surface area (Å²) in [7, 11) is 0. The van der Waals surface area contributed by atoms with Gasteiger partial charge in [0.15, 0.2) is 0 Å². The molecule has 0 saturated carbocycles. The number of benzene rings is 1. The summed E-state index contributed by atoms with van der Waals surface area (Å²) in [6, 6.07) is 7.92. The Hall–Kier alpha value is -1.51. The Morgan fingerprint density at radius 1 is 1.31 bits per heavy atom. The average Bonchev–Trinajstić information content (AvgIpc) is 2.26. The number of unbranched alkanes of at least 4 members (excludes halogenated alkanes) is 1. The van der Waals surface area contributed by atoms with E-state index in [2.05, 4.69) is 0 Å². The highest BCUT2D eigenvalue weighted by atomic mass is 16.5. The number of carboxylic acids is 1. The maximum absolute atomic E-state index is 10.4. The minimum Gasteiger partial charge on any atom is -0.494 e. The zero-order valence-corrected chi connectivity index (χ0v) is 9.61. The summed E-state index contributed by atoms with van der Waals surface area (Å²) in [5.41, 5.74) is 1.16. The molecule has 0 bridgehead atoms. The molecule has 1 aromatic rings. The summed E-state index contributed by atoms with van der Waals surface area (Å²) in [4.78, 5) is 10.4. The quantitative estimate of drug-likeness (QED) is 0.721. The second kappa shape index (κ2) is 6.88. The maximum Gasteiger partial charge on any atom is 0.303 e. The van der Waals surface area contributed by atoms with Gasteiger partial charge in [-0.05, 0) is 37.8 Å². The molecule has 0 fully saturated rings. The number of carboxylic acid groups (broad SMARTS) is 1. The molecule has 0 saturated heterocycles. The molecule has 0 aliphatic carbocycles. The molecular formula is C13H18O3. The van der Waals surface area contributed by atoms with E-state index in [1.807, 2.05) is 31.2 Å². The van der Waals surface area contributed by atoms with Gasteiger partial charge in [-0.15, -0.1) is 0 Å². The Morgan fingerprint density at radius 3 is 2.75 bits per heavy atom. The second-order valence-electron chi connectivity index (χ2n) is 3.64. The molecule has 1 N–H and O–H groups in total. The molecule has 0 aromatic heterocycles. The van der Waals surface area contributed by atoms with Crippen molar-refractivity contribution in [3.8, 4) is 5.75 Å². The van der Waals surface area contributed by atoms with Gasteiger partial charge in [-0.25, -0.2) is 0 Å². The molecule has 0 amide bonds. The van der Waals surface area contributed by atoms with Crippen LogP contribution in [-0.4, -0.2) is 17.7 Å². The van der Waals surface area contributed by atoms with Gasteiger partial charge in [0.05, 0.1) is 6.61 Å². The topological polar surface area (TPSA) is 46.5 Å². The third-order valence-electron chi connectivity index (χ3n) is 2.36. The summed E-state index contributed by atoms with van der Waals surface area (Å²) in [5, 5.41) is 8.52. The highest BCUT2D eigenvalue weighted by molar-refractivity contribution is 5.66. The SMILES string of the molecule is CCOc1ccccc1CCCCC(=O)O. The lowest BCUT2D eigenvalue weighted by molar-refractivity contribution is -0.137. The van der Waals surface area contributed by atoms with Crippen LogP contribution in [0.5, 0.6) is 5.75 Å². The van der Waals surface area contributed by atoms with Crippen molar-refractivity contribution >= 4 is 5.97 Å². The number of ether oxygens (including phenoxy) is 1. The monoisotopic (exact) mass is 222 g/mol. The minimum absolute atomic E-state index is 0.247. The van der Waals surface area contributed by atoms with Gasteiger partial charge in [0, 0.05) is 6.42 Å². The molecule has 16 heavy (non-hydrogen) atoms. The van der Waals surface area contributed by atoms with E-state index < -0.39 is 5.97 Å². The fourth-order valence-electron chi connectivity index (χ4n) is 1.60. The van der Waals surface area contributed by atoms with Crippen LogP contribution in [0.25, 0.3) is 0 Å². The molecular weight excluding hydrogens is 204 g/mol. The molecule has 3 heteroatoms. The van der Waals surface area contributed by atoms with E-state index in [9.17, 15) is 4.79 Å². The molecule has 0 aliphatic rings. The highest BCUT2D eigenvalue weighted by Gasteiger charge is 2.03. The van der Waals surface area contributed by atoms with E-state index >= 15 is 0 Å². The normalized spacial score (nSPS) is 10.1. The molecule has 0 radical (unpaired) electrons. The lowest BCUT2D eigenvalue weighted by Gasteiger charge is -2.09. The zero-order valence-electron chi connectivity index (χ0n) is 9.61. The fraction of sp³-hybridized carbons (Fsp3) is 0.462. The van der Waals surface area contributed by atoms with Crippen molar-refractivity contribution in [2.45, 2.75) is 32.6 Å². The van der Waals surface area contributed by atoms with Crippen LogP contribution in [-0.2, 0) is 11.2 Å². The predicted octanol–water partition coefficient (Wildman–Crippen LogP) is 2.88. The number of hydrogen-bond acceptors (Lipinski definition) is 2. The molecule has 88 valence electrons. The van der Waals surface area contributed by atoms with E-state index in [1.165, 1.54) is 0 Å². The molecule has 1 aromatic carbocycles. The molecule has 0 unspecified atom stereocenters. The van der Waals surface area contributed by atoms with Crippen LogP contribution in [0.1, 0.15) is 31.7 Å². The molecule has 0 atom stereocenters. The Bertz CT molecular complexity index is 334. The van der Waals surface area contributed by atoms with Crippen LogP contribution in [0.15, 0.2) is 24.3 Å². The molecule has 0 spiro atoms. The van der Waals surface area contributed by atoms with Crippen LogP contribution in [0.4, 0.5) is 0 Å². The number of aliphatic carboxylic acids is 1. The second-order valence-corrected chi connectivity index (χ2v) is 3.64. The number of carbonyl (C=O) groups is 1. The average molecular weight is 222 g/mol. The first kappa shape index (κ1) is 12.6. The molecule has 1 rings (SSSR count). The summed E-state index contributed by atoms with van der Waals surface area (Å²) >= 11 is 0. The number of hydrogen-bond donors (Lipinski definition) is 1. The lowest BCUT2D eigenvalue weighted by Crippen LogP contribution is -1.98. The number of rotatable bonds is 7. The molecule has 3 nitrogen and oxygen atoms in total. The van der Waals surface area contributed by atoms with Gasteiger partial charge in [0.2, 0.25) is 0 Å². The zero-order chi connectivity index (χ0) is 11.8. The minimum atomic E-state index is -0.724. The predicted molar refractivity (Wildman–Crippen MR) is 62.8 cm³/mol. The molecule has 0 heterocycles. The van der Waals surface area contributed by atoms with E-state index in [4.69, 9.17) is 9.84 Å². The van der Waals surface area contributed by atoms with Crippen molar-refractivity contribution in [3.05, 3.63) is 29.8 Å². The van der Waals surface area contributed by atoms with Crippen molar-refractivity contribution in [2.24, 2.45) is 0 Å². The highest BCUT2D eigenvalue weighted by Crippen LogP contribution is 2.20. The van der Waals surface area contributed by atoms with Gasteiger partial charge in [-0.2, -0.15) is 0 Å². The van der Waals surface area contributed by atoms with E-state index in [1.54, 1.807) is 0 Å². The smallest absolute Gasteiger partial charge is 0.303 e. The van der Waals surface area contributed by atoms with Crippen LogP contribution in [0.3, 0.4) is 0 Å². The van der Waals surface area contributed by atoms with Crippen molar-refractivity contribution in [1.29, 1.82) is 0 Å². The largest absolute Gasteiger partial charge is 0.494 e. The Morgan fingerprint density at radius 2 is 2.06 bits per heavy atom. The maximum atomic E-state index is 10.4. The first-order chi connectivity index (χ1) is 7.74. The summed E-state index contributed by atoms with van der Waals surface area (Å²) in [5.74, 6) is 0.193. The Balaban J connectivity index is 2.43. The van der Waals surface area contributed by atoms with Gasteiger partial charge in [-0.1, -0.05) is 18.2 Å². The fourth-order valence-corrected chi connectivity index (χ4v) is 1.60. The van der Waals surface area contributed by atoms with Crippen LogP contribution in [0, 0.1) is 0 Å². The van der Waals surface area contributed by atoms with Crippen molar-refractivity contribution in [1.82, 2.24) is 0 Å². The van der Waals surface area contributed by atoms with Crippen molar-refractivity contribution < 1.29 is 14.6 Å². The van der Waals surface area contributed by atoms with Crippen LogP contribution in [0.2, 0.25) is 0 Å². The summed E-state index contributed by atoms with van der Waals surface area (Å²) < 4.78 is 5.50. The first-order valence-corrected chi connectivity index (χ1v) is 5.66. The molecule has 0 aliphatic heterocycles. The van der Waals surface area contributed by atoms with E-state index in [0.717, 1.165) is 30.6 Å².